The molecule has 3 saturated heterocycles. The molecule has 0 saturated carbocycles. The number of hydrogen-bond acceptors (Lipinski definition) is 6. The molecule has 3 aromatic rings. The number of rotatable bonds is 5. The molecule has 0 aromatic heterocycles. The highest BCUT2D eigenvalue weighted by Gasteiger charge is 2.48. The van der Waals surface area contributed by atoms with Crippen LogP contribution in [0.15, 0.2) is 78.9 Å². The molecule has 3 heterocycles. The molecule has 1 aliphatic carbocycles. The molecule has 1 amide bonds. The maximum Gasteiger partial charge on any atom is 0.410 e. The Balaban J connectivity index is 0.000000199. The minimum atomic E-state index is -0.381. The average molecular weight is 738 g/mol. The zero-order valence-corrected chi connectivity index (χ0v) is 34.4. The Morgan fingerprint density at radius 3 is 1.74 bits per heavy atom. The van der Waals surface area contributed by atoms with Crippen LogP contribution in [0.3, 0.4) is 0 Å². The van der Waals surface area contributed by atoms with Crippen molar-refractivity contribution in [3.05, 3.63) is 95.6 Å². The molecule has 0 bridgehead atoms. The molecule has 54 heavy (non-hydrogen) atoms. The summed E-state index contributed by atoms with van der Waals surface area (Å²) in [6.07, 6.45) is 4.32. The predicted molar refractivity (Wildman–Crippen MR) is 228 cm³/mol. The first-order valence-corrected chi connectivity index (χ1v) is 19.8. The van der Waals surface area contributed by atoms with Gasteiger partial charge in [0.1, 0.15) is 6.61 Å². The topological polar surface area (TPSA) is 76.5 Å². The van der Waals surface area contributed by atoms with E-state index in [1.165, 1.54) is 40.7 Å². The number of benzene rings is 3. The third-order valence-corrected chi connectivity index (χ3v) is 12.3. The second-order valence-electron chi connectivity index (χ2n) is 18.6. The predicted octanol–water partition coefficient (Wildman–Crippen LogP) is 9.81. The number of carbonyl (C=O) groups excluding carboxylic acids is 1. The molecule has 2 atom stereocenters. The van der Waals surface area contributed by atoms with Gasteiger partial charge in [-0.2, -0.15) is 0 Å². The second-order valence-corrected chi connectivity index (χ2v) is 18.6. The van der Waals surface area contributed by atoms with Gasteiger partial charge in [-0.15, -0.1) is 0 Å². The summed E-state index contributed by atoms with van der Waals surface area (Å²) < 4.78 is 5.84. The molecule has 0 radical (unpaired) electrons. The molecule has 7 nitrogen and oxygen atoms in total. The summed E-state index contributed by atoms with van der Waals surface area (Å²) >= 11 is 0. The van der Waals surface area contributed by atoms with Crippen LogP contribution in [-0.4, -0.2) is 87.1 Å². The van der Waals surface area contributed by atoms with Crippen molar-refractivity contribution >= 4 is 20.2 Å². The Hall–Kier alpha value is -3.10. The first kappa shape index (κ1) is 43.6. The van der Waals surface area contributed by atoms with Crippen LogP contribution < -0.4 is 0 Å². The van der Waals surface area contributed by atoms with Crippen LogP contribution in [0.1, 0.15) is 124 Å². The lowest BCUT2D eigenvalue weighted by Crippen LogP contribution is -2.50. The Kier molecular flexibility index (Phi) is 13.7. The molecule has 2 N–H and O–H groups in total. The SMILES string of the molecule is C.CB(O)N1CCCC1(C)C.CB(O)N1[C@@H](C)[C@H](c2ccccc2)CC1(C)C.CC1(C)CN(C(=O)OCC2c3ccccc3-c3ccccc32)C(C)(C)C1. The third kappa shape index (κ3) is 9.46. The van der Waals surface area contributed by atoms with Crippen molar-refractivity contribution in [2.45, 2.75) is 144 Å². The summed E-state index contributed by atoms with van der Waals surface area (Å²) in [7, 11) is -0.661. The standard InChI is InChI=1S/C23H27NO2.C14H22BNO.C7H16BNO.CH4/c1-22(2)14-23(3,4)24(15-22)21(25)26-13-20-18-11-7-5-9-16(18)17-10-6-8-12-19(17)20;1-11-13(12-8-6-5-7-9-12)10-14(2,3)16(11)15(4)17;1-7(2)5-4-6-9(7)8(3)10;/h5-12,20H,13-15H2,1-4H3;5-9,11,13,17H,10H2,1-4H3;10H,4-6H2,1-3H3;1H4/t;11-,13+;;/m.0../s1. The van der Waals surface area contributed by atoms with Crippen molar-refractivity contribution in [3.8, 4) is 11.1 Å². The van der Waals surface area contributed by atoms with Crippen LogP contribution in [0.4, 0.5) is 4.79 Å². The zero-order chi connectivity index (χ0) is 38.9. The van der Waals surface area contributed by atoms with Crippen LogP contribution in [-0.2, 0) is 4.74 Å². The van der Waals surface area contributed by atoms with Gasteiger partial charge in [-0.1, -0.05) is 100 Å². The number of ether oxygens (including phenoxy) is 1. The van der Waals surface area contributed by atoms with Gasteiger partial charge >= 0.3 is 20.2 Å². The van der Waals surface area contributed by atoms with Gasteiger partial charge in [-0.3, -0.25) is 0 Å². The maximum atomic E-state index is 12.8. The lowest BCUT2D eigenvalue weighted by atomic mass is 9.80. The monoisotopic (exact) mass is 738 g/mol. The molecule has 3 aliphatic heterocycles. The summed E-state index contributed by atoms with van der Waals surface area (Å²) in [5, 5.41) is 19.3. The number of hydrogen-bond donors (Lipinski definition) is 2. The largest absolute Gasteiger partial charge is 0.448 e. The lowest BCUT2D eigenvalue weighted by molar-refractivity contribution is 0.0775. The highest BCUT2D eigenvalue weighted by Crippen LogP contribution is 2.46. The fourth-order valence-electron chi connectivity index (χ4n) is 10.3. The number of carbonyl (C=O) groups is 1. The Labute approximate surface area is 328 Å². The van der Waals surface area contributed by atoms with Crippen LogP contribution >= 0.6 is 0 Å². The van der Waals surface area contributed by atoms with E-state index in [-0.39, 0.29) is 55.6 Å². The Morgan fingerprint density at radius 1 is 0.778 bits per heavy atom. The van der Waals surface area contributed by atoms with E-state index in [4.69, 9.17) is 4.74 Å². The van der Waals surface area contributed by atoms with Crippen LogP contribution in [0.5, 0.6) is 0 Å². The van der Waals surface area contributed by atoms with E-state index >= 15 is 0 Å². The number of fused-ring (bicyclic) bond motifs is 3. The van der Waals surface area contributed by atoms with Crippen LogP contribution in [0, 0.1) is 5.41 Å². The summed E-state index contributed by atoms with van der Waals surface area (Å²) in [5.41, 5.74) is 6.66. The van der Waals surface area contributed by atoms with E-state index in [9.17, 15) is 14.8 Å². The average Bonchev–Trinajstić information content (AvgIpc) is 3.76. The van der Waals surface area contributed by atoms with E-state index in [0.717, 1.165) is 25.9 Å². The first-order chi connectivity index (χ1) is 24.8. The first-order valence-electron chi connectivity index (χ1n) is 19.8. The fraction of sp³-hybridized carbons (Fsp3) is 0.578. The van der Waals surface area contributed by atoms with Crippen molar-refractivity contribution < 1.29 is 19.6 Å². The maximum absolute atomic E-state index is 12.8. The van der Waals surface area contributed by atoms with Gasteiger partial charge in [0.15, 0.2) is 0 Å². The molecule has 9 heteroatoms. The summed E-state index contributed by atoms with van der Waals surface area (Å²) in [5.74, 6) is 0.630. The molecule has 0 spiro atoms. The van der Waals surface area contributed by atoms with E-state index in [2.05, 4.69) is 151 Å². The van der Waals surface area contributed by atoms with Gasteiger partial charge in [0, 0.05) is 35.1 Å². The molecular formula is C45H69B2N3O4. The molecule has 4 aliphatic rings. The molecule has 0 unspecified atom stereocenters. The Morgan fingerprint density at radius 2 is 1.31 bits per heavy atom. The minimum absolute atomic E-state index is 0. The van der Waals surface area contributed by atoms with Crippen LogP contribution in [0.25, 0.3) is 11.1 Å². The molecular weight excluding hydrogens is 668 g/mol. The normalized spacial score (nSPS) is 23.2. The number of likely N-dealkylation sites (tertiary alicyclic amines) is 1. The number of amides is 1. The zero-order valence-electron chi connectivity index (χ0n) is 34.4. The highest BCUT2D eigenvalue weighted by molar-refractivity contribution is 6.46. The fourth-order valence-corrected chi connectivity index (χ4v) is 10.3. The van der Waals surface area contributed by atoms with Crippen molar-refractivity contribution in [2.24, 2.45) is 5.41 Å². The minimum Gasteiger partial charge on any atom is -0.448 e. The highest BCUT2D eigenvalue weighted by atomic mass is 16.6. The van der Waals surface area contributed by atoms with Gasteiger partial charge in [0.25, 0.3) is 0 Å². The van der Waals surface area contributed by atoms with Gasteiger partial charge in [-0.05, 0) is 133 Å². The molecule has 3 fully saturated rings. The second kappa shape index (κ2) is 17.0. The summed E-state index contributed by atoms with van der Waals surface area (Å²) in [4.78, 5) is 19.1. The van der Waals surface area contributed by atoms with E-state index < -0.39 is 0 Å². The van der Waals surface area contributed by atoms with E-state index in [0.29, 0.717) is 18.6 Å². The van der Waals surface area contributed by atoms with Crippen molar-refractivity contribution in [3.63, 3.8) is 0 Å². The smallest absolute Gasteiger partial charge is 0.410 e. The Bertz CT molecular complexity index is 1650. The van der Waals surface area contributed by atoms with Gasteiger partial charge in [0.2, 0.25) is 0 Å². The van der Waals surface area contributed by atoms with Crippen molar-refractivity contribution in [2.75, 3.05) is 19.7 Å². The van der Waals surface area contributed by atoms with Gasteiger partial charge in [0.05, 0.1) is 0 Å². The lowest BCUT2D eigenvalue weighted by Gasteiger charge is -2.35. The van der Waals surface area contributed by atoms with Crippen LogP contribution in [0.2, 0.25) is 13.6 Å². The quantitative estimate of drug-likeness (QED) is 0.254. The number of nitrogens with zero attached hydrogens (tertiary/aromatic N) is 3. The molecule has 294 valence electrons. The summed E-state index contributed by atoms with van der Waals surface area (Å²) in [6, 6.07) is 27.9. The molecule has 3 aromatic carbocycles. The summed E-state index contributed by atoms with van der Waals surface area (Å²) in [6.45, 7) is 25.6. The van der Waals surface area contributed by atoms with Gasteiger partial charge < -0.3 is 29.3 Å². The van der Waals surface area contributed by atoms with E-state index in [1.807, 2.05) is 18.5 Å². The van der Waals surface area contributed by atoms with E-state index in [1.54, 1.807) is 0 Å². The third-order valence-electron chi connectivity index (χ3n) is 12.3. The van der Waals surface area contributed by atoms with Crippen molar-refractivity contribution in [1.82, 2.24) is 14.5 Å². The van der Waals surface area contributed by atoms with Crippen molar-refractivity contribution in [1.29, 1.82) is 0 Å². The van der Waals surface area contributed by atoms with Gasteiger partial charge in [-0.25, -0.2) is 4.79 Å². The molecule has 7 rings (SSSR count).